The average Bonchev–Trinajstić information content (AvgIpc) is 3.11. The highest BCUT2D eigenvalue weighted by molar-refractivity contribution is 7.81. The monoisotopic (exact) mass is 748 g/mol. The van der Waals surface area contributed by atoms with Crippen LogP contribution < -0.4 is 31.8 Å². The van der Waals surface area contributed by atoms with Gasteiger partial charge in [0.15, 0.2) is 0 Å². The van der Waals surface area contributed by atoms with Gasteiger partial charge in [0.1, 0.15) is 0 Å². The van der Waals surface area contributed by atoms with Crippen LogP contribution in [-0.2, 0) is 0 Å². The van der Waals surface area contributed by atoms with Crippen LogP contribution in [0.25, 0.3) is 32.7 Å². The Bertz CT molecular complexity index is 2590. The zero-order chi connectivity index (χ0) is 38.5. The molecule has 8 rings (SSSR count). The summed E-state index contributed by atoms with van der Waals surface area (Å²) in [6, 6.07) is 54.4. The van der Waals surface area contributed by atoms with Crippen LogP contribution in [0.5, 0.6) is 0 Å². The van der Waals surface area contributed by atoms with Crippen LogP contribution in [0.4, 0.5) is 0 Å². The fourth-order valence-corrected chi connectivity index (χ4v) is 14.8. The molecule has 0 aliphatic heterocycles. The Morgan fingerprint density at radius 2 is 0.673 bits per heavy atom. The maximum Gasteiger partial charge on any atom is -0.000616 e. The minimum atomic E-state index is -0.958. The molecule has 0 aromatic heterocycles. The molecule has 0 bridgehead atoms. The molecule has 0 radical (unpaired) electrons. The number of hydrogen-bond acceptors (Lipinski definition) is 0. The molecule has 0 aliphatic carbocycles. The molecule has 0 fully saturated rings. The lowest BCUT2D eigenvalue weighted by molar-refractivity contribution is 1.40. The minimum absolute atomic E-state index is 0.947. The summed E-state index contributed by atoms with van der Waals surface area (Å²) in [5.74, 6) is 0. The third-order valence-corrected chi connectivity index (χ3v) is 15.7. The van der Waals surface area contributed by atoms with Gasteiger partial charge in [0.05, 0.1) is 0 Å². The third-order valence-electron chi connectivity index (χ3n) is 10.7. The van der Waals surface area contributed by atoms with Crippen molar-refractivity contribution < 1.29 is 0 Å². The largest absolute Gasteiger partial charge is 0.0616 e. The summed E-state index contributed by atoms with van der Waals surface area (Å²) < 4.78 is 0. The molecule has 0 unspecified atom stereocenters. The number of rotatable bonds is 7. The van der Waals surface area contributed by atoms with E-state index in [9.17, 15) is 0 Å². The molecular weight excluding hydrogens is 699 g/mol. The van der Waals surface area contributed by atoms with Crippen LogP contribution in [0, 0.1) is 62.3 Å². The second kappa shape index (κ2) is 15.0. The summed E-state index contributed by atoms with van der Waals surface area (Å²) in [5.41, 5.74) is 14.6. The summed E-state index contributed by atoms with van der Waals surface area (Å²) >= 11 is 0. The summed E-state index contributed by atoms with van der Waals surface area (Å²) in [4.78, 5) is 0. The maximum absolute atomic E-state index is 2.48. The molecule has 2 heteroatoms. The molecule has 0 heterocycles. The molecule has 0 aliphatic rings. The number of benzene rings is 8. The predicted molar refractivity (Wildman–Crippen MR) is 247 cm³/mol. The van der Waals surface area contributed by atoms with Gasteiger partial charge in [-0.1, -0.05) is 184 Å². The number of aryl methyl sites for hydroxylation is 9. The van der Waals surface area contributed by atoms with E-state index >= 15 is 0 Å². The van der Waals surface area contributed by atoms with Gasteiger partial charge in [-0.25, -0.2) is 0 Å². The Labute approximate surface area is 330 Å². The highest BCUT2D eigenvalue weighted by Crippen LogP contribution is 2.47. The van der Waals surface area contributed by atoms with E-state index in [0.29, 0.717) is 0 Å². The first-order valence-corrected chi connectivity index (χ1v) is 22.1. The summed E-state index contributed by atoms with van der Waals surface area (Å²) in [6.07, 6.45) is 0. The average molecular weight is 749 g/mol. The van der Waals surface area contributed by atoms with Gasteiger partial charge >= 0.3 is 0 Å². The Morgan fingerprint density at radius 3 is 1.11 bits per heavy atom. The van der Waals surface area contributed by atoms with E-state index in [2.05, 4.69) is 202 Å². The lowest BCUT2D eigenvalue weighted by Crippen LogP contribution is -2.28. The molecule has 0 saturated heterocycles. The second-order valence-electron chi connectivity index (χ2n) is 15.9. The molecule has 8 aromatic carbocycles. The second-order valence-corrected chi connectivity index (χ2v) is 20.2. The van der Waals surface area contributed by atoms with Crippen LogP contribution in [0.2, 0.25) is 0 Å². The molecule has 0 nitrogen and oxygen atoms in total. The Kier molecular flexibility index (Phi) is 10.1. The molecule has 0 amide bonds. The zero-order valence-corrected chi connectivity index (χ0v) is 35.5. The third kappa shape index (κ3) is 7.32. The smallest absolute Gasteiger partial charge is 0.000616 e. The zero-order valence-electron chi connectivity index (χ0n) is 33.7. The van der Waals surface area contributed by atoms with Gasteiger partial charge < -0.3 is 0 Å². The first kappa shape index (κ1) is 37.1. The first-order valence-electron chi connectivity index (χ1n) is 19.4. The van der Waals surface area contributed by atoms with Crippen molar-refractivity contribution in [2.24, 2.45) is 0 Å². The summed E-state index contributed by atoms with van der Waals surface area (Å²) in [6.45, 7) is 20.4. The van der Waals surface area contributed by atoms with Crippen molar-refractivity contribution >= 4 is 69.2 Å². The Balaban J connectivity index is 1.59. The van der Waals surface area contributed by atoms with E-state index in [4.69, 9.17) is 0 Å². The van der Waals surface area contributed by atoms with Crippen molar-refractivity contribution in [3.63, 3.8) is 0 Å². The minimum Gasteiger partial charge on any atom is -0.0616 e. The van der Waals surface area contributed by atoms with Crippen molar-refractivity contribution in [2.45, 2.75) is 62.3 Å². The van der Waals surface area contributed by atoms with E-state index in [-0.39, 0.29) is 0 Å². The maximum atomic E-state index is 2.48. The van der Waals surface area contributed by atoms with Crippen molar-refractivity contribution in [2.75, 3.05) is 0 Å². The van der Waals surface area contributed by atoms with Crippen molar-refractivity contribution in [1.82, 2.24) is 0 Å². The van der Waals surface area contributed by atoms with Gasteiger partial charge in [0.2, 0.25) is 0 Å². The van der Waals surface area contributed by atoms with E-state index in [1.54, 1.807) is 0 Å². The van der Waals surface area contributed by atoms with Gasteiger partial charge in [-0.2, -0.15) is 0 Å². The molecule has 0 saturated carbocycles. The number of fused-ring (bicyclic) bond motifs is 2. The van der Waals surface area contributed by atoms with Gasteiger partial charge in [-0.3, -0.25) is 0 Å². The van der Waals surface area contributed by atoms with Crippen molar-refractivity contribution in [3.8, 4) is 11.1 Å². The van der Waals surface area contributed by atoms with E-state index < -0.39 is 15.8 Å². The first-order chi connectivity index (χ1) is 26.4. The van der Waals surface area contributed by atoms with Gasteiger partial charge in [0.25, 0.3) is 0 Å². The lowest BCUT2D eigenvalue weighted by atomic mass is 9.92. The van der Waals surface area contributed by atoms with Crippen LogP contribution in [0.1, 0.15) is 50.1 Å². The summed E-state index contributed by atoms with van der Waals surface area (Å²) in [5, 5.41) is 13.7. The molecule has 55 heavy (non-hydrogen) atoms. The van der Waals surface area contributed by atoms with Gasteiger partial charge in [-0.15, -0.1) is 0 Å². The van der Waals surface area contributed by atoms with Crippen LogP contribution in [0.3, 0.4) is 0 Å². The summed E-state index contributed by atoms with van der Waals surface area (Å²) in [7, 11) is -1.91. The quantitative estimate of drug-likeness (QED) is 0.142. The molecule has 8 aromatic rings. The Hall–Kier alpha value is -4.86. The molecule has 0 spiro atoms. The van der Waals surface area contributed by atoms with Gasteiger partial charge in [0, 0.05) is 0 Å². The van der Waals surface area contributed by atoms with Crippen LogP contribution >= 0.6 is 15.8 Å². The molecule has 0 atom stereocenters. The van der Waals surface area contributed by atoms with Crippen LogP contribution in [0.15, 0.2) is 140 Å². The van der Waals surface area contributed by atoms with Crippen molar-refractivity contribution in [3.05, 3.63) is 190 Å². The molecular formula is C53H50P2. The molecule has 272 valence electrons. The Morgan fingerprint density at radius 1 is 0.309 bits per heavy atom. The normalized spacial score (nSPS) is 11.7. The van der Waals surface area contributed by atoms with Crippen molar-refractivity contribution in [1.29, 1.82) is 0 Å². The van der Waals surface area contributed by atoms with E-state index in [0.717, 1.165) is 0 Å². The van der Waals surface area contributed by atoms with Gasteiger partial charge in [-0.05, 0) is 148 Å². The highest BCUT2D eigenvalue weighted by Gasteiger charge is 2.30. The SMILES string of the molecule is Cc1cc(C)cc(P(c2cc(C)cc(C)c2)c2ccc3ccccc3c2-c2c(P(c3cc(C)cc(C)c3)c3cc(C)cc(C)c3)c(C)cc3ccccc23)c1. The lowest BCUT2D eigenvalue weighted by Gasteiger charge is -2.30. The van der Waals surface area contributed by atoms with Crippen LogP contribution in [-0.4, -0.2) is 0 Å². The number of hydrogen-bond donors (Lipinski definition) is 0. The topological polar surface area (TPSA) is 0 Å². The fourth-order valence-electron chi connectivity index (χ4n) is 8.88. The molecule has 0 N–H and O–H groups in total. The highest BCUT2D eigenvalue weighted by atomic mass is 31.1. The fraction of sp³-hybridized carbons (Fsp3) is 0.170. The standard InChI is InChI=1S/C53H50P2/c1-33-20-34(2)25-44(24-33)54(45-26-35(3)21-36(4)27-45)50-19-18-42-14-10-12-16-48(42)51(50)52-49-17-13-11-15-43(49)32-41(9)53(52)55(46-28-37(5)22-38(6)29-46)47-30-39(7)23-40(8)31-47/h10-32H,1-9H3. The predicted octanol–water partition coefficient (Wildman–Crippen LogP) is 12.0. The van der Waals surface area contributed by atoms with E-state index in [1.807, 2.05) is 0 Å². The van der Waals surface area contributed by atoms with E-state index in [1.165, 1.54) is 115 Å².